The van der Waals surface area contributed by atoms with Gasteiger partial charge in [0.25, 0.3) is 0 Å². The minimum Gasteiger partial charge on any atom is -0.481 e. The van der Waals surface area contributed by atoms with E-state index < -0.39 is 12.1 Å². The highest BCUT2D eigenvalue weighted by atomic mass is 16.5. The zero-order valence-electron chi connectivity index (χ0n) is 11.3. The van der Waals surface area contributed by atoms with E-state index in [1.807, 2.05) is 0 Å². The molecule has 2 amide bonds. The fraction of sp³-hybridized carbons (Fsp3) is 0.846. The molecule has 1 aliphatic heterocycles. The van der Waals surface area contributed by atoms with E-state index in [-0.39, 0.29) is 12.5 Å². The van der Waals surface area contributed by atoms with Crippen molar-refractivity contribution in [3.8, 4) is 0 Å². The van der Waals surface area contributed by atoms with Gasteiger partial charge in [-0.1, -0.05) is 6.92 Å². The molecular weight excluding hydrogens is 248 g/mol. The average Bonchev–Trinajstić information content (AvgIpc) is 3.19. The van der Waals surface area contributed by atoms with E-state index >= 15 is 0 Å². The lowest BCUT2D eigenvalue weighted by molar-refractivity contribution is -0.141. The first-order chi connectivity index (χ1) is 9.06. The Hall–Kier alpha value is -1.30. The van der Waals surface area contributed by atoms with Crippen molar-refractivity contribution in [3.63, 3.8) is 0 Å². The van der Waals surface area contributed by atoms with Gasteiger partial charge in [-0.3, -0.25) is 4.79 Å². The van der Waals surface area contributed by atoms with Crippen LogP contribution in [-0.4, -0.2) is 54.4 Å². The monoisotopic (exact) mass is 270 g/mol. The van der Waals surface area contributed by atoms with Crippen molar-refractivity contribution >= 4 is 12.0 Å². The molecule has 6 heteroatoms. The number of nitrogens with zero attached hydrogens (tertiary/aromatic N) is 1. The second-order valence-electron chi connectivity index (χ2n) is 5.54. The van der Waals surface area contributed by atoms with Crippen LogP contribution in [0, 0.1) is 11.8 Å². The van der Waals surface area contributed by atoms with Gasteiger partial charge in [0.2, 0.25) is 0 Å². The quantitative estimate of drug-likeness (QED) is 0.778. The van der Waals surface area contributed by atoms with Crippen LogP contribution in [0.5, 0.6) is 0 Å². The number of rotatable bonds is 5. The Morgan fingerprint density at radius 2 is 2.21 bits per heavy atom. The molecule has 0 radical (unpaired) electrons. The third-order valence-corrected chi connectivity index (χ3v) is 3.83. The summed E-state index contributed by atoms with van der Waals surface area (Å²) < 4.78 is 5.34. The Morgan fingerprint density at radius 3 is 2.84 bits per heavy atom. The van der Waals surface area contributed by atoms with Gasteiger partial charge in [0.15, 0.2) is 0 Å². The standard InChI is InChI=1S/C13H22N2O4/c1-9(10-2-3-10)7-14-13(18)15-4-5-19-11(8-15)6-12(16)17/h9-11H,2-8H2,1H3,(H,14,18)(H,16,17). The van der Waals surface area contributed by atoms with Crippen molar-refractivity contribution in [3.05, 3.63) is 0 Å². The predicted molar refractivity (Wildman–Crippen MR) is 68.9 cm³/mol. The lowest BCUT2D eigenvalue weighted by Gasteiger charge is -2.32. The Labute approximate surface area is 113 Å². The van der Waals surface area contributed by atoms with Gasteiger partial charge in [-0.05, 0) is 24.7 Å². The number of morpholine rings is 1. The molecule has 0 bridgehead atoms. The van der Waals surface area contributed by atoms with E-state index in [0.29, 0.717) is 32.2 Å². The third-order valence-electron chi connectivity index (χ3n) is 3.83. The second-order valence-corrected chi connectivity index (χ2v) is 5.54. The molecule has 2 atom stereocenters. The van der Waals surface area contributed by atoms with Gasteiger partial charge >= 0.3 is 12.0 Å². The van der Waals surface area contributed by atoms with Crippen LogP contribution in [0.2, 0.25) is 0 Å². The fourth-order valence-electron chi connectivity index (χ4n) is 2.41. The van der Waals surface area contributed by atoms with Gasteiger partial charge in [-0.25, -0.2) is 4.79 Å². The Kier molecular flexibility index (Phi) is 4.63. The lowest BCUT2D eigenvalue weighted by atomic mass is 10.1. The number of carboxylic acids is 1. The van der Waals surface area contributed by atoms with Crippen LogP contribution in [0.3, 0.4) is 0 Å². The molecular formula is C13H22N2O4. The van der Waals surface area contributed by atoms with Gasteiger partial charge in [0, 0.05) is 19.6 Å². The van der Waals surface area contributed by atoms with Gasteiger partial charge in [-0.15, -0.1) is 0 Å². The zero-order chi connectivity index (χ0) is 13.8. The molecule has 19 heavy (non-hydrogen) atoms. The largest absolute Gasteiger partial charge is 0.481 e. The number of aliphatic carboxylic acids is 1. The van der Waals surface area contributed by atoms with Crippen molar-refractivity contribution < 1.29 is 19.4 Å². The number of carboxylic acid groups (broad SMARTS) is 1. The van der Waals surface area contributed by atoms with Crippen LogP contribution >= 0.6 is 0 Å². The Morgan fingerprint density at radius 1 is 1.47 bits per heavy atom. The molecule has 1 aliphatic carbocycles. The van der Waals surface area contributed by atoms with E-state index in [0.717, 1.165) is 5.92 Å². The zero-order valence-corrected chi connectivity index (χ0v) is 11.3. The molecule has 2 unspecified atom stereocenters. The normalized spacial score (nSPS) is 24.9. The first-order valence-electron chi connectivity index (χ1n) is 6.92. The molecule has 2 fully saturated rings. The first kappa shape index (κ1) is 14.1. The van der Waals surface area contributed by atoms with Gasteiger partial charge < -0.3 is 20.1 Å². The number of carbonyl (C=O) groups is 2. The Balaban J connectivity index is 1.73. The minimum atomic E-state index is -0.894. The molecule has 1 saturated carbocycles. The molecule has 0 aromatic rings. The van der Waals surface area contributed by atoms with E-state index in [2.05, 4.69) is 12.2 Å². The summed E-state index contributed by atoms with van der Waals surface area (Å²) in [6.07, 6.45) is 2.10. The highest BCUT2D eigenvalue weighted by molar-refractivity contribution is 5.74. The smallest absolute Gasteiger partial charge is 0.317 e. The molecule has 1 saturated heterocycles. The topological polar surface area (TPSA) is 78.9 Å². The maximum Gasteiger partial charge on any atom is 0.317 e. The van der Waals surface area contributed by atoms with Crippen molar-refractivity contribution in [2.24, 2.45) is 11.8 Å². The van der Waals surface area contributed by atoms with E-state index in [1.165, 1.54) is 12.8 Å². The van der Waals surface area contributed by atoms with Crippen molar-refractivity contribution in [2.45, 2.75) is 32.3 Å². The molecule has 0 aromatic heterocycles. The molecule has 0 aromatic carbocycles. The molecule has 2 N–H and O–H groups in total. The molecule has 6 nitrogen and oxygen atoms in total. The Bertz CT molecular complexity index is 344. The summed E-state index contributed by atoms with van der Waals surface area (Å²) in [6, 6.07) is -0.105. The van der Waals surface area contributed by atoms with Gasteiger partial charge in [0.05, 0.1) is 19.1 Å². The summed E-state index contributed by atoms with van der Waals surface area (Å²) in [4.78, 5) is 24.3. The number of urea groups is 1. The molecule has 0 spiro atoms. The highest BCUT2D eigenvalue weighted by Crippen LogP contribution is 2.36. The summed E-state index contributed by atoms with van der Waals surface area (Å²) in [5.74, 6) is 0.402. The van der Waals surface area contributed by atoms with Gasteiger partial charge in [-0.2, -0.15) is 0 Å². The van der Waals surface area contributed by atoms with Crippen LogP contribution in [0.4, 0.5) is 4.79 Å². The summed E-state index contributed by atoms with van der Waals surface area (Å²) in [7, 11) is 0. The van der Waals surface area contributed by atoms with Crippen molar-refractivity contribution in [1.82, 2.24) is 10.2 Å². The molecule has 1 heterocycles. The number of hydrogen-bond acceptors (Lipinski definition) is 3. The number of ether oxygens (including phenoxy) is 1. The maximum atomic E-state index is 12.0. The van der Waals surface area contributed by atoms with Crippen LogP contribution in [0.15, 0.2) is 0 Å². The van der Waals surface area contributed by atoms with E-state index in [1.54, 1.807) is 4.90 Å². The first-order valence-corrected chi connectivity index (χ1v) is 6.92. The predicted octanol–water partition coefficient (Wildman–Crippen LogP) is 0.918. The summed E-state index contributed by atoms with van der Waals surface area (Å²) in [5, 5.41) is 11.7. The van der Waals surface area contributed by atoms with Crippen LogP contribution in [0.1, 0.15) is 26.2 Å². The van der Waals surface area contributed by atoms with Crippen LogP contribution in [-0.2, 0) is 9.53 Å². The van der Waals surface area contributed by atoms with E-state index in [4.69, 9.17) is 9.84 Å². The number of amides is 2. The van der Waals surface area contributed by atoms with Crippen molar-refractivity contribution in [1.29, 1.82) is 0 Å². The minimum absolute atomic E-state index is 0.0533. The van der Waals surface area contributed by atoms with E-state index in [9.17, 15) is 9.59 Å². The molecule has 108 valence electrons. The average molecular weight is 270 g/mol. The molecule has 2 rings (SSSR count). The number of carbonyl (C=O) groups excluding carboxylic acids is 1. The SMILES string of the molecule is CC(CNC(=O)N1CCOC(CC(=O)O)C1)C1CC1. The van der Waals surface area contributed by atoms with Crippen molar-refractivity contribution in [2.75, 3.05) is 26.2 Å². The van der Waals surface area contributed by atoms with Crippen LogP contribution < -0.4 is 5.32 Å². The van der Waals surface area contributed by atoms with Crippen LogP contribution in [0.25, 0.3) is 0 Å². The second kappa shape index (κ2) is 6.23. The molecule has 2 aliphatic rings. The summed E-state index contributed by atoms with van der Waals surface area (Å²) in [5.41, 5.74) is 0. The maximum absolute atomic E-state index is 12.0. The number of hydrogen-bond donors (Lipinski definition) is 2. The summed E-state index contributed by atoms with van der Waals surface area (Å²) in [6.45, 7) is 4.15. The fourth-order valence-corrected chi connectivity index (χ4v) is 2.41. The summed E-state index contributed by atoms with van der Waals surface area (Å²) >= 11 is 0. The highest BCUT2D eigenvalue weighted by Gasteiger charge is 2.29. The third kappa shape index (κ3) is 4.38. The van der Waals surface area contributed by atoms with Gasteiger partial charge in [0.1, 0.15) is 0 Å². The lowest BCUT2D eigenvalue weighted by Crippen LogP contribution is -2.50. The number of nitrogens with one attached hydrogen (secondary N) is 1.